The Morgan fingerprint density at radius 3 is 2.21 bits per heavy atom. The summed E-state index contributed by atoms with van der Waals surface area (Å²) in [5.74, 6) is -2.74. The van der Waals surface area contributed by atoms with Crippen molar-refractivity contribution in [3.05, 3.63) is 95.6 Å². The zero-order valence-corrected chi connectivity index (χ0v) is 31.3. The normalized spacial score (nSPS) is 34.8. The van der Waals surface area contributed by atoms with Gasteiger partial charge in [0.2, 0.25) is 5.91 Å². The average molecular weight is 670 g/mol. The van der Waals surface area contributed by atoms with Gasteiger partial charge in [0.05, 0.1) is 11.7 Å². The minimum atomic E-state index is -2.54. The number of allylic oxidation sites excluding steroid dienone is 3. The van der Waals surface area contributed by atoms with Crippen molar-refractivity contribution in [3.8, 4) is 0 Å². The third kappa shape index (κ3) is 6.22. The molecule has 2 amide bonds. The van der Waals surface area contributed by atoms with Crippen molar-refractivity contribution in [1.82, 2.24) is 4.90 Å². The second-order valence-corrected chi connectivity index (χ2v) is 21.2. The Morgan fingerprint density at radius 1 is 1.00 bits per heavy atom. The molecule has 1 saturated carbocycles. The van der Waals surface area contributed by atoms with Gasteiger partial charge in [-0.3, -0.25) is 19.3 Å². The lowest BCUT2D eigenvalue weighted by atomic mass is 9.49. The summed E-state index contributed by atoms with van der Waals surface area (Å²) in [7, 11) is -2.54. The van der Waals surface area contributed by atoms with Gasteiger partial charge in [-0.05, 0) is 80.8 Å². The second kappa shape index (κ2) is 13.3. The third-order valence-electron chi connectivity index (χ3n) is 12.1. The molecule has 0 bridgehead atoms. The van der Waals surface area contributed by atoms with Crippen LogP contribution in [0.1, 0.15) is 83.7 Å². The summed E-state index contributed by atoms with van der Waals surface area (Å²) in [5.41, 5.74) is -0.517. The predicted molar refractivity (Wildman–Crippen MR) is 194 cm³/mol. The number of ketones is 1. The lowest BCUT2D eigenvalue weighted by molar-refractivity contribution is -0.195. The minimum absolute atomic E-state index is 0.165. The number of rotatable bonds is 5. The highest BCUT2D eigenvalue weighted by Gasteiger charge is 2.75. The maximum atomic E-state index is 15.6. The summed E-state index contributed by atoms with van der Waals surface area (Å²) in [6.07, 6.45) is 7.27. The number of carbonyl (C=O) groups is 3. The number of amides is 2. The van der Waals surface area contributed by atoms with Gasteiger partial charge in [0, 0.05) is 29.9 Å². The topological polar surface area (TPSA) is 83.9 Å². The quantitative estimate of drug-likeness (QED) is 0.150. The number of carbonyl (C=O) groups excluding carboxylic acids is 3. The van der Waals surface area contributed by atoms with Crippen molar-refractivity contribution in [2.45, 2.75) is 110 Å². The van der Waals surface area contributed by atoms with Crippen LogP contribution in [-0.2, 0) is 20.4 Å². The lowest BCUT2D eigenvalue weighted by Gasteiger charge is -2.58. The molecule has 1 heterocycles. The molecule has 2 aliphatic carbocycles. The van der Waals surface area contributed by atoms with Gasteiger partial charge in [-0.2, -0.15) is 0 Å². The van der Waals surface area contributed by atoms with Gasteiger partial charge in [-0.25, -0.2) is 0 Å². The van der Waals surface area contributed by atoms with Crippen LogP contribution in [-0.4, -0.2) is 53.7 Å². The Bertz CT molecular complexity index is 1570. The summed E-state index contributed by atoms with van der Waals surface area (Å²) in [5, 5.41) is 12.6. The summed E-state index contributed by atoms with van der Waals surface area (Å²) >= 11 is 0. The Labute approximate surface area is 288 Å². The van der Waals surface area contributed by atoms with Gasteiger partial charge in [0.15, 0.2) is 8.32 Å². The summed E-state index contributed by atoms with van der Waals surface area (Å²) in [6, 6.07) is 18.1. The smallest absolute Gasteiger partial charge is 0.260 e. The molecule has 6 nitrogen and oxygen atoms in total. The van der Waals surface area contributed by atoms with Gasteiger partial charge < -0.3 is 9.53 Å². The zero-order chi connectivity index (χ0) is 35.2. The van der Waals surface area contributed by atoms with Crippen molar-refractivity contribution in [2.75, 3.05) is 0 Å². The molecule has 1 saturated heterocycles. The highest BCUT2D eigenvalue weighted by molar-refractivity contribution is 6.74. The van der Waals surface area contributed by atoms with Crippen LogP contribution < -0.4 is 0 Å². The van der Waals surface area contributed by atoms with Crippen molar-refractivity contribution in [1.29, 1.82) is 0 Å². The molecule has 0 aromatic heterocycles. The molecule has 1 spiro atoms. The SMILES string of the molecule is C/C1=C\[C@@H](C)C/C=C/[C@H]2[C@H](O[Si](C)(C)C(C)(C)C)[C@](C)(O)[C@@H](C)[C@H]3[C@H](Cc4ccccc4)N(C(=O)c4ccccc4)C(=O)[C@]32C(=O)CC1. The van der Waals surface area contributed by atoms with Gasteiger partial charge >= 0.3 is 0 Å². The number of likely N-dealkylation sites (tertiary alicyclic amines) is 1. The molecule has 5 rings (SSSR count). The van der Waals surface area contributed by atoms with E-state index < -0.39 is 61.0 Å². The first-order valence-corrected chi connectivity index (χ1v) is 20.6. The predicted octanol–water partition coefficient (Wildman–Crippen LogP) is 8.18. The number of Topliss-reactive ketones (excluding diaryl/α,β-unsaturated/α-hetero) is 1. The van der Waals surface area contributed by atoms with E-state index in [1.165, 1.54) is 4.90 Å². The average Bonchev–Trinajstić information content (AvgIpc) is 3.27. The van der Waals surface area contributed by atoms with Crippen LogP contribution in [0.5, 0.6) is 0 Å². The van der Waals surface area contributed by atoms with Crippen LogP contribution in [0.25, 0.3) is 0 Å². The molecule has 1 aliphatic heterocycles. The number of hydrogen-bond donors (Lipinski definition) is 1. The second-order valence-electron chi connectivity index (χ2n) is 16.4. The maximum absolute atomic E-state index is 15.6. The van der Waals surface area contributed by atoms with Crippen LogP contribution in [0.2, 0.25) is 18.1 Å². The lowest BCUT2D eigenvalue weighted by Crippen LogP contribution is -2.69. The number of hydrogen-bond acceptors (Lipinski definition) is 5. The molecular formula is C41H55NO5Si. The molecule has 258 valence electrons. The summed E-state index contributed by atoms with van der Waals surface area (Å²) in [4.78, 5) is 46.8. The van der Waals surface area contributed by atoms with Crippen LogP contribution in [0.3, 0.4) is 0 Å². The molecule has 2 aromatic carbocycles. The first-order valence-electron chi connectivity index (χ1n) is 17.7. The summed E-state index contributed by atoms with van der Waals surface area (Å²) < 4.78 is 7.20. The Morgan fingerprint density at radius 2 is 1.60 bits per heavy atom. The third-order valence-corrected chi connectivity index (χ3v) is 16.6. The van der Waals surface area contributed by atoms with Crippen LogP contribution >= 0.6 is 0 Å². The zero-order valence-electron chi connectivity index (χ0n) is 30.3. The molecular weight excluding hydrogens is 615 g/mol. The van der Waals surface area contributed by atoms with E-state index in [1.54, 1.807) is 24.3 Å². The molecule has 0 radical (unpaired) electrons. The van der Waals surface area contributed by atoms with Crippen molar-refractivity contribution >= 4 is 25.9 Å². The number of nitrogens with zero attached hydrogens (tertiary/aromatic N) is 1. The fourth-order valence-corrected chi connectivity index (χ4v) is 9.71. The molecule has 48 heavy (non-hydrogen) atoms. The summed E-state index contributed by atoms with van der Waals surface area (Å²) in [6.45, 7) is 18.8. The monoisotopic (exact) mass is 669 g/mol. The van der Waals surface area contributed by atoms with Gasteiger partial charge in [-0.1, -0.05) is 107 Å². The van der Waals surface area contributed by atoms with E-state index in [9.17, 15) is 9.90 Å². The van der Waals surface area contributed by atoms with Crippen LogP contribution in [0.15, 0.2) is 84.5 Å². The van der Waals surface area contributed by atoms with E-state index in [2.05, 4.69) is 59.9 Å². The van der Waals surface area contributed by atoms with E-state index in [0.717, 1.165) is 17.6 Å². The van der Waals surface area contributed by atoms with E-state index >= 15 is 9.59 Å². The molecule has 2 fully saturated rings. The van der Waals surface area contributed by atoms with Crippen molar-refractivity contribution < 1.29 is 23.9 Å². The van der Waals surface area contributed by atoms with Crippen LogP contribution in [0.4, 0.5) is 0 Å². The Hall–Kier alpha value is -3.13. The number of benzene rings is 2. The largest absolute Gasteiger partial charge is 0.410 e. The first kappa shape index (κ1) is 36.2. The highest BCUT2D eigenvalue weighted by atomic mass is 28.4. The fourth-order valence-electron chi connectivity index (χ4n) is 8.34. The first-order chi connectivity index (χ1) is 22.4. The maximum Gasteiger partial charge on any atom is 0.260 e. The van der Waals surface area contributed by atoms with E-state index in [-0.39, 0.29) is 23.2 Å². The molecule has 1 N–H and O–H groups in total. The Balaban J connectivity index is 1.81. The van der Waals surface area contributed by atoms with Crippen LogP contribution in [0, 0.1) is 29.1 Å². The van der Waals surface area contributed by atoms with Crippen molar-refractivity contribution in [2.24, 2.45) is 29.1 Å². The van der Waals surface area contributed by atoms with Crippen molar-refractivity contribution in [3.63, 3.8) is 0 Å². The van der Waals surface area contributed by atoms with E-state index in [4.69, 9.17) is 4.43 Å². The highest BCUT2D eigenvalue weighted by Crippen LogP contribution is 2.62. The van der Waals surface area contributed by atoms with E-state index in [1.807, 2.05) is 56.3 Å². The Kier molecular flexibility index (Phi) is 10.0. The van der Waals surface area contributed by atoms with E-state index in [0.29, 0.717) is 18.4 Å². The molecule has 3 aliphatic rings. The molecule has 2 aromatic rings. The standard InChI is InChI=1S/C41H55NO5Si/c1-27-17-16-22-32-36(47-48(8,9)39(4,5)6)40(7,46)29(3)35-33(26-30-18-12-10-13-19-30)42(37(44)31-20-14-11-15-21-31)38(45)41(32,35)34(43)24-23-28(2)25-27/h10-16,18-22,25,27,29,32-33,35-36,46H,17,23-24,26H2,1-9H3/b22-16+,28-25+/t27-,29-,32-,33-,35-,36-,40+,41+/m0/s1. The molecule has 7 heteroatoms. The minimum Gasteiger partial charge on any atom is -0.410 e. The fraction of sp³-hybridized carbons (Fsp3) is 0.537. The van der Waals surface area contributed by atoms with Gasteiger partial charge in [0.1, 0.15) is 11.2 Å². The number of imide groups is 1. The molecule has 8 atom stereocenters. The van der Waals surface area contributed by atoms with Gasteiger partial charge in [0.25, 0.3) is 5.91 Å². The van der Waals surface area contributed by atoms with Gasteiger partial charge in [-0.15, -0.1) is 0 Å². The number of aliphatic hydroxyl groups is 1. The molecule has 0 unspecified atom stereocenters.